The minimum Gasteiger partial charge on any atom is -0.349 e. The van der Waals surface area contributed by atoms with E-state index in [-0.39, 0.29) is 23.3 Å². The number of hydrogen-bond acceptors (Lipinski definition) is 4. The monoisotopic (exact) mass is 381 g/mol. The van der Waals surface area contributed by atoms with E-state index in [9.17, 15) is 9.59 Å². The van der Waals surface area contributed by atoms with Gasteiger partial charge in [-0.3, -0.25) is 9.59 Å². The molecule has 148 valence electrons. The number of hydrogen-bond donors (Lipinski definition) is 1. The van der Waals surface area contributed by atoms with Crippen LogP contribution in [-0.4, -0.2) is 69.9 Å². The van der Waals surface area contributed by atoms with Crippen molar-refractivity contribution in [1.29, 1.82) is 0 Å². The fraction of sp³-hybridized carbons (Fsp3) is 0.571. The van der Waals surface area contributed by atoms with Crippen LogP contribution in [0.25, 0.3) is 11.0 Å². The molecule has 3 heterocycles. The number of nitrogens with zero attached hydrogens (tertiary/aromatic N) is 4. The molecular formula is C21H27N5O2. The van der Waals surface area contributed by atoms with Gasteiger partial charge >= 0.3 is 0 Å². The van der Waals surface area contributed by atoms with E-state index in [0.29, 0.717) is 24.7 Å². The summed E-state index contributed by atoms with van der Waals surface area (Å²) in [5.41, 5.74) is 2.36. The van der Waals surface area contributed by atoms with Crippen molar-refractivity contribution in [3.05, 3.63) is 30.1 Å². The highest BCUT2D eigenvalue weighted by molar-refractivity contribution is 5.97. The first-order valence-electron chi connectivity index (χ1n) is 10.2. The van der Waals surface area contributed by atoms with Gasteiger partial charge in [-0.05, 0) is 44.5 Å². The van der Waals surface area contributed by atoms with E-state index in [4.69, 9.17) is 0 Å². The minimum atomic E-state index is -0.300. The van der Waals surface area contributed by atoms with Crippen LogP contribution >= 0.6 is 0 Å². The molecule has 1 aromatic carbocycles. The molecule has 2 aromatic rings. The second kappa shape index (κ2) is 6.30. The van der Waals surface area contributed by atoms with Gasteiger partial charge in [-0.25, -0.2) is 4.98 Å². The first-order chi connectivity index (χ1) is 13.4. The van der Waals surface area contributed by atoms with E-state index in [1.807, 2.05) is 29.4 Å². The molecule has 0 unspecified atom stereocenters. The number of nitrogens with one attached hydrogen (secondary N) is 1. The summed E-state index contributed by atoms with van der Waals surface area (Å²) in [6.45, 7) is 4.66. The predicted octanol–water partition coefficient (Wildman–Crippen LogP) is 1.65. The van der Waals surface area contributed by atoms with Crippen LogP contribution in [0.1, 0.15) is 42.6 Å². The third kappa shape index (κ3) is 2.89. The highest BCUT2D eigenvalue weighted by Crippen LogP contribution is 2.38. The van der Waals surface area contributed by atoms with Crippen LogP contribution in [0, 0.1) is 5.92 Å². The highest BCUT2D eigenvalue weighted by atomic mass is 16.2. The normalized spacial score (nSPS) is 27.8. The Hall–Kier alpha value is -2.41. The summed E-state index contributed by atoms with van der Waals surface area (Å²) in [7, 11) is 2.10. The van der Waals surface area contributed by atoms with Crippen molar-refractivity contribution in [2.45, 2.75) is 37.8 Å². The maximum absolute atomic E-state index is 13.3. The molecule has 7 nitrogen and oxygen atoms in total. The molecule has 0 spiro atoms. The number of fused-ring (bicyclic) bond motifs is 2. The molecule has 3 aliphatic rings. The second-order valence-electron chi connectivity index (χ2n) is 8.82. The van der Waals surface area contributed by atoms with Crippen molar-refractivity contribution in [3.63, 3.8) is 0 Å². The molecule has 1 N–H and O–H groups in total. The SMILES string of the molecule is CC(=O)N[C@@]12CCN(C)C[C@@H]1CN(C(=O)c1ccc3c(c1)ncn3C1CC1)C2. The lowest BCUT2D eigenvalue weighted by atomic mass is 9.80. The van der Waals surface area contributed by atoms with Gasteiger partial charge < -0.3 is 19.7 Å². The average Bonchev–Trinajstić information content (AvgIpc) is 3.31. The molecule has 28 heavy (non-hydrogen) atoms. The molecule has 5 rings (SSSR count). The highest BCUT2D eigenvalue weighted by Gasteiger charge is 2.50. The van der Waals surface area contributed by atoms with Gasteiger partial charge in [0.1, 0.15) is 0 Å². The van der Waals surface area contributed by atoms with Crippen LogP contribution in [0.2, 0.25) is 0 Å². The number of amides is 2. The molecular weight excluding hydrogens is 354 g/mol. The fourth-order valence-electron chi connectivity index (χ4n) is 5.05. The van der Waals surface area contributed by atoms with Crippen molar-refractivity contribution < 1.29 is 9.59 Å². The van der Waals surface area contributed by atoms with Crippen molar-refractivity contribution in [2.75, 3.05) is 33.2 Å². The van der Waals surface area contributed by atoms with Crippen LogP contribution in [-0.2, 0) is 4.79 Å². The second-order valence-corrected chi connectivity index (χ2v) is 8.82. The number of aromatic nitrogens is 2. The largest absolute Gasteiger partial charge is 0.349 e. The zero-order chi connectivity index (χ0) is 19.5. The maximum atomic E-state index is 13.3. The standard InChI is InChI=1S/C21H27N5O2/c1-14(27)23-21-7-8-24(2)10-16(21)11-25(12-21)20(28)15-3-6-19-18(9-15)22-13-26(19)17-4-5-17/h3,6,9,13,16-17H,4-5,7-8,10-12H2,1-2H3,(H,23,27)/t16-,21-/m1/s1. The summed E-state index contributed by atoms with van der Waals surface area (Å²) in [6, 6.07) is 6.43. The number of piperidine rings is 1. The quantitative estimate of drug-likeness (QED) is 0.878. The summed E-state index contributed by atoms with van der Waals surface area (Å²) in [5.74, 6) is 0.275. The Morgan fingerprint density at radius 2 is 2.07 bits per heavy atom. The summed E-state index contributed by atoms with van der Waals surface area (Å²) < 4.78 is 2.22. The van der Waals surface area contributed by atoms with Gasteiger partial charge in [0.05, 0.1) is 22.9 Å². The van der Waals surface area contributed by atoms with Gasteiger partial charge in [0.2, 0.25) is 5.91 Å². The van der Waals surface area contributed by atoms with Gasteiger partial charge in [-0.1, -0.05) is 0 Å². The molecule has 0 radical (unpaired) electrons. The van der Waals surface area contributed by atoms with E-state index < -0.39 is 0 Å². The van der Waals surface area contributed by atoms with Crippen molar-refractivity contribution in [1.82, 2.24) is 24.7 Å². The molecule has 1 saturated carbocycles. The Morgan fingerprint density at radius 3 is 2.82 bits per heavy atom. The van der Waals surface area contributed by atoms with Gasteiger partial charge in [0.25, 0.3) is 5.91 Å². The lowest BCUT2D eigenvalue weighted by Crippen LogP contribution is -2.60. The van der Waals surface area contributed by atoms with Gasteiger partial charge in [0, 0.05) is 50.6 Å². The van der Waals surface area contributed by atoms with E-state index in [0.717, 1.165) is 30.5 Å². The number of likely N-dealkylation sites (tertiary alicyclic amines) is 2. The van der Waals surface area contributed by atoms with Gasteiger partial charge in [0.15, 0.2) is 0 Å². The predicted molar refractivity (Wildman–Crippen MR) is 106 cm³/mol. The zero-order valence-electron chi connectivity index (χ0n) is 16.5. The average molecular weight is 381 g/mol. The molecule has 7 heteroatoms. The van der Waals surface area contributed by atoms with Crippen molar-refractivity contribution >= 4 is 22.8 Å². The Balaban J connectivity index is 1.40. The smallest absolute Gasteiger partial charge is 0.254 e. The fourth-order valence-corrected chi connectivity index (χ4v) is 5.05. The van der Waals surface area contributed by atoms with E-state index >= 15 is 0 Å². The van der Waals surface area contributed by atoms with Crippen molar-refractivity contribution in [3.8, 4) is 0 Å². The Labute approximate surface area is 164 Å². The number of rotatable bonds is 3. The molecule has 2 saturated heterocycles. The number of benzene rings is 1. The molecule has 1 aromatic heterocycles. The van der Waals surface area contributed by atoms with Crippen LogP contribution in [0.4, 0.5) is 0 Å². The van der Waals surface area contributed by atoms with E-state index in [1.165, 1.54) is 12.8 Å². The molecule has 1 aliphatic carbocycles. The Bertz CT molecular complexity index is 949. The first kappa shape index (κ1) is 17.7. The number of carbonyl (C=O) groups excluding carboxylic acids is 2. The van der Waals surface area contributed by atoms with Crippen LogP contribution < -0.4 is 5.32 Å². The summed E-state index contributed by atoms with van der Waals surface area (Å²) >= 11 is 0. The van der Waals surface area contributed by atoms with Gasteiger partial charge in [-0.15, -0.1) is 0 Å². The topological polar surface area (TPSA) is 70.5 Å². The summed E-state index contributed by atoms with van der Waals surface area (Å²) in [6.07, 6.45) is 5.19. The van der Waals surface area contributed by atoms with Crippen molar-refractivity contribution in [2.24, 2.45) is 5.92 Å². The van der Waals surface area contributed by atoms with Gasteiger partial charge in [-0.2, -0.15) is 0 Å². The van der Waals surface area contributed by atoms with Crippen LogP contribution in [0.3, 0.4) is 0 Å². The molecule has 2 amide bonds. The van der Waals surface area contributed by atoms with E-state index in [2.05, 4.69) is 26.8 Å². The first-order valence-corrected chi connectivity index (χ1v) is 10.2. The summed E-state index contributed by atoms with van der Waals surface area (Å²) in [5, 5.41) is 3.19. The maximum Gasteiger partial charge on any atom is 0.254 e. The number of carbonyl (C=O) groups is 2. The van der Waals surface area contributed by atoms with Crippen LogP contribution in [0.15, 0.2) is 24.5 Å². The zero-order valence-corrected chi connectivity index (χ0v) is 16.5. The molecule has 2 aliphatic heterocycles. The number of imidazole rings is 1. The molecule has 2 atom stereocenters. The Kier molecular flexibility index (Phi) is 3.98. The molecule has 0 bridgehead atoms. The summed E-state index contributed by atoms with van der Waals surface area (Å²) in [4.78, 5) is 33.8. The van der Waals surface area contributed by atoms with E-state index in [1.54, 1.807) is 6.92 Å². The third-order valence-corrected chi connectivity index (χ3v) is 6.64. The molecule has 3 fully saturated rings. The Morgan fingerprint density at radius 1 is 1.25 bits per heavy atom. The van der Waals surface area contributed by atoms with Crippen LogP contribution in [0.5, 0.6) is 0 Å². The lowest BCUT2D eigenvalue weighted by molar-refractivity contribution is -0.121. The third-order valence-electron chi connectivity index (χ3n) is 6.64. The lowest BCUT2D eigenvalue weighted by Gasteiger charge is -2.42. The minimum absolute atomic E-state index is 0.0177.